The second-order valence-corrected chi connectivity index (χ2v) is 7.86. The average Bonchev–Trinajstić information content (AvgIpc) is 3.50. The number of carbonyl (C=O) groups is 1. The standard InChI is InChI=1S/C23H22N6O/c24-14-29-13-15-10-11-21(29)22(15)26-23(30)20-12-19(27-28-20)17-8-4-5-9-18(17)25-16-6-2-1-3-7-16/h1-9,12,15,21-22,25H,10-11,13H2,(H,26,30)(H,27,28)/t15?,21?,22-/m1/s1. The lowest BCUT2D eigenvalue weighted by molar-refractivity contribution is 0.0924. The fourth-order valence-corrected chi connectivity index (χ4v) is 4.64. The molecule has 7 heteroatoms. The van der Waals surface area contributed by atoms with Crippen molar-refractivity contribution in [2.75, 3.05) is 11.9 Å². The summed E-state index contributed by atoms with van der Waals surface area (Å²) in [5.41, 5.74) is 3.98. The number of fused-ring (bicyclic) bond motifs is 2. The summed E-state index contributed by atoms with van der Waals surface area (Å²) in [5.74, 6) is 0.139. The third kappa shape index (κ3) is 3.26. The zero-order valence-corrected chi connectivity index (χ0v) is 16.4. The summed E-state index contributed by atoms with van der Waals surface area (Å²) < 4.78 is 0. The number of likely N-dealkylation sites (tertiary alicyclic amines) is 1. The zero-order chi connectivity index (χ0) is 20.5. The number of hydrogen-bond acceptors (Lipinski definition) is 5. The molecule has 1 saturated heterocycles. The van der Waals surface area contributed by atoms with E-state index in [9.17, 15) is 10.1 Å². The molecule has 3 N–H and O–H groups in total. The fraction of sp³-hybridized carbons (Fsp3) is 0.261. The first-order valence-corrected chi connectivity index (χ1v) is 10.2. The van der Waals surface area contributed by atoms with Gasteiger partial charge in [-0.05, 0) is 43.0 Å². The van der Waals surface area contributed by atoms with Crippen molar-refractivity contribution >= 4 is 17.3 Å². The highest BCUT2D eigenvalue weighted by Gasteiger charge is 2.47. The van der Waals surface area contributed by atoms with Crippen LogP contribution in [0.3, 0.4) is 0 Å². The van der Waals surface area contributed by atoms with E-state index < -0.39 is 0 Å². The number of para-hydroxylation sites is 2. The Labute approximate surface area is 174 Å². The van der Waals surface area contributed by atoms with Gasteiger partial charge in [0, 0.05) is 23.5 Å². The number of nitrogens with one attached hydrogen (secondary N) is 3. The van der Waals surface area contributed by atoms with Crippen molar-refractivity contribution in [3.63, 3.8) is 0 Å². The highest BCUT2D eigenvalue weighted by atomic mass is 16.2. The molecule has 0 radical (unpaired) electrons. The molecule has 1 aliphatic carbocycles. The van der Waals surface area contributed by atoms with Gasteiger partial charge in [-0.3, -0.25) is 9.89 Å². The second kappa shape index (κ2) is 7.56. The van der Waals surface area contributed by atoms with Gasteiger partial charge in [0.05, 0.1) is 17.8 Å². The number of H-pyrrole nitrogens is 1. The lowest BCUT2D eigenvalue weighted by Gasteiger charge is -2.21. The lowest BCUT2D eigenvalue weighted by Crippen LogP contribution is -2.42. The van der Waals surface area contributed by atoms with Gasteiger partial charge in [0.15, 0.2) is 11.9 Å². The Morgan fingerprint density at radius 3 is 2.73 bits per heavy atom. The molecule has 3 aromatic rings. The number of carbonyl (C=O) groups excluding carboxylic acids is 1. The summed E-state index contributed by atoms with van der Waals surface area (Å²) in [5, 5.41) is 23.0. The number of anilines is 2. The maximum Gasteiger partial charge on any atom is 0.272 e. The Kier molecular flexibility index (Phi) is 4.60. The van der Waals surface area contributed by atoms with Crippen molar-refractivity contribution in [3.05, 3.63) is 66.4 Å². The molecule has 2 aliphatic rings. The number of rotatable bonds is 5. The van der Waals surface area contributed by atoms with Crippen molar-refractivity contribution < 1.29 is 4.79 Å². The monoisotopic (exact) mass is 398 g/mol. The van der Waals surface area contributed by atoms with Crippen molar-refractivity contribution in [1.82, 2.24) is 20.4 Å². The lowest BCUT2D eigenvalue weighted by atomic mass is 10.1. The van der Waals surface area contributed by atoms with Crippen LogP contribution in [0.15, 0.2) is 60.7 Å². The first-order chi connectivity index (χ1) is 14.7. The first-order valence-electron chi connectivity index (χ1n) is 10.2. The molecule has 2 fully saturated rings. The fourth-order valence-electron chi connectivity index (χ4n) is 4.64. The number of nitriles is 1. The van der Waals surface area contributed by atoms with Gasteiger partial charge in [0.2, 0.25) is 0 Å². The Morgan fingerprint density at radius 2 is 1.93 bits per heavy atom. The predicted octanol–water partition coefficient (Wildman–Crippen LogP) is 3.49. The van der Waals surface area contributed by atoms with E-state index >= 15 is 0 Å². The number of nitrogens with zero attached hydrogens (tertiary/aromatic N) is 3. The molecule has 1 saturated carbocycles. The Hall–Kier alpha value is -3.79. The van der Waals surface area contributed by atoms with E-state index in [-0.39, 0.29) is 18.0 Å². The normalized spacial score (nSPS) is 22.0. The maximum absolute atomic E-state index is 12.8. The number of aromatic amines is 1. The van der Waals surface area contributed by atoms with E-state index in [1.165, 1.54) is 0 Å². The van der Waals surface area contributed by atoms with Gasteiger partial charge < -0.3 is 15.5 Å². The third-order valence-corrected chi connectivity index (χ3v) is 6.09. The van der Waals surface area contributed by atoms with Crippen LogP contribution in [0.25, 0.3) is 11.3 Å². The Bertz CT molecular complexity index is 1100. The predicted molar refractivity (Wildman–Crippen MR) is 114 cm³/mol. The van der Waals surface area contributed by atoms with Gasteiger partial charge in [-0.15, -0.1) is 0 Å². The van der Waals surface area contributed by atoms with Crippen LogP contribution < -0.4 is 10.6 Å². The van der Waals surface area contributed by atoms with E-state index in [2.05, 4.69) is 27.0 Å². The summed E-state index contributed by atoms with van der Waals surface area (Å²) in [6, 6.07) is 19.8. The maximum atomic E-state index is 12.8. The number of hydrogen-bond donors (Lipinski definition) is 3. The molecule has 2 heterocycles. The van der Waals surface area contributed by atoms with Crippen LogP contribution in [0, 0.1) is 17.4 Å². The highest BCUT2D eigenvalue weighted by Crippen LogP contribution is 2.37. The van der Waals surface area contributed by atoms with Gasteiger partial charge >= 0.3 is 0 Å². The molecule has 1 aliphatic heterocycles. The number of amides is 1. The quantitative estimate of drug-likeness (QED) is 0.572. The van der Waals surface area contributed by atoms with Crippen LogP contribution in [0.4, 0.5) is 11.4 Å². The smallest absolute Gasteiger partial charge is 0.272 e. The van der Waals surface area contributed by atoms with Gasteiger partial charge in [-0.1, -0.05) is 36.4 Å². The van der Waals surface area contributed by atoms with Crippen LogP contribution >= 0.6 is 0 Å². The average molecular weight is 398 g/mol. The molecule has 1 aromatic heterocycles. The summed E-state index contributed by atoms with van der Waals surface area (Å²) in [7, 11) is 0. The highest BCUT2D eigenvalue weighted by molar-refractivity contribution is 5.94. The third-order valence-electron chi connectivity index (χ3n) is 6.09. The molecule has 2 unspecified atom stereocenters. The number of aromatic nitrogens is 2. The van der Waals surface area contributed by atoms with Crippen LogP contribution in [0.2, 0.25) is 0 Å². The largest absolute Gasteiger partial charge is 0.355 e. The topological polar surface area (TPSA) is 96.8 Å². The minimum atomic E-state index is -0.201. The van der Waals surface area contributed by atoms with E-state index in [1.807, 2.05) is 54.6 Å². The van der Waals surface area contributed by atoms with Crippen molar-refractivity contribution in [2.24, 2.45) is 5.92 Å². The van der Waals surface area contributed by atoms with Crippen LogP contribution in [0.5, 0.6) is 0 Å². The van der Waals surface area contributed by atoms with Crippen LogP contribution in [-0.2, 0) is 0 Å². The van der Waals surface area contributed by atoms with Crippen molar-refractivity contribution in [1.29, 1.82) is 5.26 Å². The summed E-state index contributed by atoms with van der Waals surface area (Å²) in [6.07, 6.45) is 4.25. The van der Waals surface area contributed by atoms with Gasteiger partial charge in [0.1, 0.15) is 0 Å². The molecule has 30 heavy (non-hydrogen) atoms. The van der Waals surface area contributed by atoms with Gasteiger partial charge in [-0.2, -0.15) is 10.4 Å². The van der Waals surface area contributed by atoms with E-state index in [0.29, 0.717) is 11.6 Å². The van der Waals surface area contributed by atoms with Crippen LogP contribution in [-0.4, -0.2) is 39.6 Å². The summed E-state index contributed by atoms with van der Waals surface area (Å²) in [6.45, 7) is 0.733. The molecule has 7 nitrogen and oxygen atoms in total. The molecular weight excluding hydrogens is 376 g/mol. The first kappa shape index (κ1) is 18.3. The Morgan fingerprint density at radius 1 is 1.13 bits per heavy atom. The molecule has 2 aromatic carbocycles. The molecule has 5 rings (SSSR count). The molecule has 0 spiro atoms. The van der Waals surface area contributed by atoms with Gasteiger partial charge in [0.25, 0.3) is 5.91 Å². The summed E-state index contributed by atoms with van der Waals surface area (Å²) >= 11 is 0. The second-order valence-electron chi connectivity index (χ2n) is 7.86. The summed E-state index contributed by atoms with van der Waals surface area (Å²) in [4.78, 5) is 14.6. The van der Waals surface area contributed by atoms with E-state index in [1.54, 1.807) is 11.0 Å². The van der Waals surface area contributed by atoms with E-state index in [4.69, 9.17) is 0 Å². The van der Waals surface area contributed by atoms with Crippen LogP contribution in [0.1, 0.15) is 23.3 Å². The minimum absolute atomic E-state index is 0.0179. The SMILES string of the molecule is N#CN1CC2CCC1[C@@H]2NC(=O)c1cc(-c2ccccc2Nc2ccccc2)[nH]n1. The van der Waals surface area contributed by atoms with Crippen molar-refractivity contribution in [2.45, 2.75) is 24.9 Å². The molecular formula is C23H22N6O. The number of piperidine rings is 1. The minimum Gasteiger partial charge on any atom is -0.355 e. The number of benzene rings is 2. The molecule has 1 amide bonds. The molecule has 3 atom stereocenters. The molecule has 2 bridgehead atoms. The molecule has 150 valence electrons. The van der Waals surface area contributed by atoms with Crippen molar-refractivity contribution in [3.8, 4) is 17.5 Å². The zero-order valence-electron chi connectivity index (χ0n) is 16.4. The van der Waals surface area contributed by atoms with Gasteiger partial charge in [-0.25, -0.2) is 0 Å². The van der Waals surface area contributed by atoms with E-state index in [0.717, 1.165) is 42.0 Å². The Balaban J connectivity index is 1.34.